The number of unbranched alkanes of at least 4 members (excludes halogenated alkanes) is 5. The number of esters is 1. The van der Waals surface area contributed by atoms with Crippen molar-refractivity contribution in [2.24, 2.45) is 0 Å². The molecule has 7 nitrogen and oxygen atoms in total. The molecule has 0 radical (unpaired) electrons. The van der Waals surface area contributed by atoms with E-state index in [1.165, 1.54) is 19.6 Å². The highest BCUT2D eigenvalue weighted by Crippen LogP contribution is 2.29. The molecule has 0 spiro atoms. The zero-order chi connectivity index (χ0) is 25.1. The normalized spacial score (nSPS) is 11.7. The van der Waals surface area contributed by atoms with Gasteiger partial charge in [0, 0.05) is 31.9 Å². The van der Waals surface area contributed by atoms with Crippen LogP contribution in [0.15, 0.2) is 24.3 Å². The summed E-state index contributed by atoms with van der Waals surface area (Å²) in [6, 6.07) is 6.52. The van der Waals surface area contributed by atoms with Crippen LogP contribution in [0.1, 0.15) is 71.8 Å². The minimum absolute atomic E-state index is 0.391. The van der Waals surface area contributed by atoms with Crippen molar-refractivity contribution in [3.63, 3.8) is 0 Å². The highest BCUT2D eigenvalue weighted by molar-refractivity contribution is 6.60. The zero-order valence-electron chi connectivity index (χ0n) is 21.7. The predicted molar refractivity (Wildman–Crippen MR) is 137 cm³/mol. The number of hydrogen-bond acceptors (Lipinski definition) is 7. The second-order valence-corrected chi connectivity index (χ2v) is 10.4. The summed E-state index contributed by atoms with van der Waals surface area (Å²) in [6.45, 7) is 11.0. The molecule has 0 saturated heterocycles. The van der Waals surface area contributed by atoms with Gasteiger partial charge >= 0.3 is 14.8 Å². The van der Waals surface area contributed by atoms with Crippen LogP contribution in [-0.4, -0.2) is 54.9 Å². The van der Waals surface area contributed by atoms with Gasteiger partial charge in [0.15, 0.2) is 11.5 Å². The van der Waals surface area contributed by atoms with Crippen LogP contribution in [0.2, 0.25) is 6.04 Å². The van der Waals surface area contributed by atoms with Crippen LogP contribution in [0.3, 0.4) is 0 Å². The lowest BCUT2D eigenvalue weighted by Gasteiger charge is -2.28. The van der Waals surface area contributed by atoms with Gasteiger partial charge in [0.2, 0.25) is 0 Å². The first kappa shape index (κ1) is 30.2. The predicted octanol–water partition coefficient (Wildman–Crippen LogP) is 6.04. The van der Waals surface area contributed by atoms with Gasteiger partial charge < -0.3 is 27.5 Å². The summed E-state index contributed by atoms with van der Waals surface area (Å²) in [5.41, 5.74) is 0.856. The summed E-state index contributed by atoms with van der Waals surface area (Å²) in [5, 5.41) is 0. The van der Waals surface area contributed by atoms with E-state index in [9.17, 15) is 4.79 Å². The van der Waals surface area contributed by atoms with Gasteiger partial charge in [-0.15, -0.1) is 0 Å². The lowest BCUT2D eigenvalue weighted by atomic mass is 10.1. The zero-order valence-corrected chi connectivity index (χ0v) is 22.7. The molecule has 0 unspecified atom stereocenters. The molecule has 194 valence electrons. The van der Waals surface area contributed by atoms with E-state index in [-0.39, 0.29) is 0 Å². The number of rotatable bonds is 20. The van der Waals surface area contributed by atoms with Gasteiger partial charge in [0.05, 0.1) is 20.3 Å². The Kier molecular flexibility index (Phi) is 16.4. The van der Waals surface area contributed by atoms with Crippen molar-refractivity contribution in [3.8, 4) is 11.5 Å². The van der Waals surface area contributed by atoms with Crippen LogP contribution in [0.5, 0.6) is 11.5 Å². The summed E-state index contributed by atoms with van der Waals surface area (Å²) in [5.74, 6) is 1.01. The van der Waals surface area contributed by atoms with Gasteiger partial charge in [-0.1, -0.05) is 31.7 Å². The van der Waals surface area contributed by atoms with Crippen molar-refractivity contribution >= 4 is 20.8 Å². The van der Waals surface area contributed by atoms with Crippen molar-refractivity contribution in [2.75, 3.05) is 40.1 Å². The third kappa shape index (κ3) is 12.0. The van der Waals surface area contributed by atoms with Crippen molar-refractivity contribution in [1.82, 2.24) is 0 Å². The van der Waals surface area contributed by atoms with Crippen LogP contribution in [0.25, 0.3) is 6.08 Å². The number of ether oxygens (including phenoxy) is 3. The Morgan fingerprint density at radius 2 is 1.41 bits per heavy atom. The number of benzene rings is 1. The van der Waals surface area contributed by atoms with Crippen LogP contribution in [-0.2, 0) is 22.8 Å². The second kappa shape index (κ2) is 18.5. The fourth-order valence-electron chi connectivity index (χ4n) is 3.58. The molecule has 0 saturated carbocycles. The molecule has 0 aliphatic rings. The van der Waals surface area contributed by atoms with E-state index in [2.05, 4.69) is 4.74 Å². The third-order valence-corrected chi connectivity index (χ3v) is 8.26. The third-order valence-electron chi connectivity index (χ3n) is 5.11. The minimum Gasteiger partial charge on any atom is -0.490 e. The number of carbonyl (C=O) groups excluding carboxylic acids is 1. The van der Waals surface area contributed by atoms with Crippen molar-refractivity contribution in [1.29, 1.82) is 0 Å². The Hall–Kier alpha value is -1.87. The van der Waals surface area contributed by atoms with Gasteiger partial charge in [0.1, 0.15) is 0 Å². The van der Waals surface area contributed by atoms with Crippen molar-refractivity contribution < 1.29 is 32.3 Å². The van der Waals surface area contributed by atoms with E-state index < -0.39 is 14.8 Å². The monoisotopic (exact) mass is 496 g/mol. The van der Waals surface area contributed by atoms with Gasteiger partial charge in [-0.3, -0.25) is 0 Å². The number of hydrogen-bond donors (Lipinski definition) is 0. The molecule has 0 fully saturated rings. The average Bonchev–Trinajstić information content (AvgIpc) is 2.83. The molecule has 1 rings (SSSR count). The van der Waals surface area contributed by atoms with Crippen LogP contribution in [0, 0.1) is 0 Å². The fraction of sp³-hybridized carbons (Fsp3) is 0.654. The molecule has 0 aliphatic carbocycles. The molecule has 1 aromatic carbocycles. The number of carbonyl (C=O) groups is 1. The first-order valence-electron chi connectivity index (χ1n) is 12.6. The Balaban J connectivity index is 2.38. The summed E-state index contributed by atoms with van der Waals surface area (Å²) in [7, 11) is -1.15. The van der Waals surface area contributed by atoms with E-state index in [0.29, 0.717) is 44.5 Å². The first-order valence-corrected chi connectivity index (χ1v) is 14.5. The summed E-state index contributed by atoms with van der Waals surface area (Å²) in [6.07, 6.45) is 9.72. The second-order valence-electron chi connectivity index (χ2n) is 7.70. The minimum atomic E-state index is -2.51. The molecule has 0 bridgehead atoms. The largest absolute Gasteiger partial charge is 0.500 e. The van der Waals surface area contributed by atoms with Gasteiger partial charge in [-0.25, -0.2) is 4.79 Å². The lowest BCUT2D eigenvalue weighted by Crippen LogP contribution is -2.45. The Bertz CT molecular complexity index is 691. The van der Waals surface area contributed by atoms with E-state index >= 15 is 0 Å². The van der Waals surface area contributed by atoms with Crippen molar-refractivity contribution in [2.45, 2.75) is 72.3 Å². The first-order chi connectivity index (χ1) is 16.5. The summed E-state index contributed by atoms with van der Waals surface area (Å²) < 4.78 is 34.1. The van der Waals surface area contributed by atoms with Crippen LogP contribution >= 0.6 is 0 Å². The highest BCUT2D eigenvalue weighted by atomic mass is 28.4. The Labute approximate surface area is 207 Å². The van der Waals surface area contributed by atoms with E-state index in [1.807, 2.05) is 45.9 Å². The molecule has 0 N–H and O–H groups in total. The molecule has 0 aromatic heterocycles. The smallest absolute Gasteiger partial charge is 0.490 e. The fourth-order valence-corrected chi connectivity index (χ4v) is 6.27. The average molecular weight is 497 g/mol. The quantitative estimate of drug-likeness (QED) is 0.0943. The molecule has 0 aliphatic heterocycles. The SMILES string of the molecule is CCOc1ccc(/C=C/C(=O)OC)cc1OCCCCCCCC[Si](OCC)(OCC)OCC. The molecule has 1 aromatic rings. The maximum Gasteiger partial charge on any atom is 0.500 e. The van der Waals surface area contributed by atoms with Crippen molar-refractivity contribution in [3.05, 3.63) is 29.8 Å². The van der Waals surface area contributed by atoms with Crippen LogP contribution < -0.4 is 9.47 Å². The highest BCUT2D eigenvalue weighted by Gasteiger charge is 2.39. The lowest BCUT2D eigenvalue weighted by molar-refractivity contribution is -0.134. The molecular weight excluding hydrogens is 452 g/mol. The summed E-state index contributed by atoms with van der Waals surface area (Å²) >= 11 is 0. The Morgan fingerprint density at radius 3 is 2.00 bits per heavy atom. The van der Waals surface area contributed by atoms with Gasteiger partial charge in [-0.05, 0) is 64.3 Å². The maximum atomic E-state index is 11.3. The van der Waals surface area contributed by atoms with Crippen LogP contribution in [0.4, 0.5) is 0 Å². The molecule has 0 amide bonds. The standard InChI is InChI=1S/C26H44O7Si/c1-6-29-24-18-16-23(17-19-26(27)28-5)22-25(24)30-20-14-12-10-11-13-15-21-34(31-7-2,32-8-3)33-9-4/h16-19,22H,6-15,20-21H2,1-5H3/b19-17+. The van der Waals surface area contributed by atoms with E-state index in [4.69, 9.17) is 22.8 Å². The molecule has 0 atom stereocenters. The molecule has 8 heteroatoms. The Morgan fingerprint density at radius 1 is 0.794 bits per heavy atom. The molecule has 34 heavy (non-hydrogen) atoms. The van der Waals surface area contributed by atoms with E-state index in [1.54, 1.807) is 6.08 Å². The maximum absolute atomic E-state index is 11.3. The topological polar surface area (TPSA) is 72.5 Å². The molecular formula is C26H44O7Si. The number of methoxy groups -OCH3 is 1. The van der Waals surface area contributed by atoms with Gasteiger partial charge in [0.25, 0.3) is 0 Å². The molecule has 0 heterocycles. The van der Waals surface area contributed by atoms with E-state index in [0.717, 1.165) is 43.7 Å². The summed E-state index contributed by atoms with van der Waals surface area (Å²) in [4.78, 5) is 11.3. The van der Waals surface area contributed by atoms with Gasteiger partial charge in [-0.2, -0.15) is 0 Å².